The molecule has 1 spiro atoms. The van der Waals surface area contributed by atoms with Crippen molar-refractivity contribution in [3.63, 3.8) is 0 Å². The van der Waals surface area contributed by atoms with Crippen LogP contribution in [0.3, 0.4) is 0 Å². The number of hydrogen-bond donors (Lipinski definition) is 2. The minimum Gasteiger partial charge on any atom is -0.356 e. The van der Waals surface area contributed by atoms with E-state index in [0.717, 1.165) is 51.4 Å². The first kappa shape index (κ1) is 21.9. The summed E-state index contributed by atoms with van der Waals surface area (Å²) in [6.07, 6.45) is 12.0. The molecular weight excluding hydrogens is 406 g/mol. The van der Waals surface area contributed by atoms with Gasteiger partial charge in [0.2, 0.25) is 17.7 Å². The number of ether oxygens (including phenoxy) is 1. The van der Waals surface area contributed by atoms with Crippen molar-refractivity contribution in [1.82, 2.24) is 15.5 Å². The molecule has 5 atom stereocenters. The lowest BCUT2D eigenvalue weighted by molar-refractivity contribution is -0.148. The second kappa shape index (κ2) is 7.31. The molecule has 2 N–H and O–H groups in total. The molecule has 176 valence electrons. The third kappa shape index (κ3) is 3.22. The molecule has 7 heteroatoms. The van der Waals surface area contributed by atoms with E-state index in [9.17, 15) is 14.4 Å². The summed E-state index contributed by atoms with van der Waals surface area (Å²) >= 11 is 0. The van der Waals surface area contributed by atoms with Crippen LogP contribution in [0.5, 0.6) is 0 Å². The maximum Gasteiger partial charge on any atom is 0.246 e. The van der Waals surface area contributed by atoms with Gasteiger partial charge < -0.3 is 20.3 Å². The quantitative estimate of drug-likeness (QED) is 0.654. The van der Waals surface area contributed by atoms with Gasteiger partial charge in [0.1, 0.15) is 11.6 Å². The number of carbonyl (C=O) groups is 3. The molecule has 0 aromatic carbocycles. The van der Waals surface area contributed by atoms with Gasteiger partial charge in [-0.25, -0.2) is 0 Å². The highest BCUT2D eigenvalue weighted by Crippen LogP contribution is 2.60. The Hall–Kier alpha value is -1.89. The smallest absolute Gasteiger partial charge is 0.246 e. The summed E-state index contributed by atoms with van der Waals surface area (Å²) in [4.78, 5) is 42.9. The largest absolute Gasteiger partial charge is 0.356 e. The standard InChI is InChI=1S/C25H37N3O4/c1-23(2,3)27-21(30)19-25-14-13-24(4,32-25)17(20(29)26-15-9-5-6-10-15)18(25)22(31)28(19)16-11-7-8-12-16/h13-19H,5-12H2,1-4H3,(H,26,29)(H,27,30)/t17-,18+,19-,24-,25+/m1/s1. The zero-order valence-corrected chi connectivity index (χ0v) is 19.8. The fourth-order valence-corrected chi connectivity index (χ4v) is 6.94. The second-order valence-corrected chi connectivity index (χ2v) is 11.7. The van der Waals surface area contributed by atoms with Crippen molar-refractivity contribution in [3.05, 3.63) is 12.2 Å². The predicted octanol–water partition coefficient (Wildman–Crippen LogP) is 2.44. The number of amides is 3. The van der Waals surface area contributed by atoms with E-state index in [1.165, 1.54) is 0 Å². The van der Waals surface area contributed by atoms with Crippen LogP contribution in [0.1, 0.15) is 79.1 Å². The lowest BCUT2D eigenvalue weighted by Crippen LogP contribution is -2.59. The topological polar surface area (TPSA) is 87.7 Å². The van der Waals surface area contributed by atoms with Crippen molar-refractivity contribution in [3.8, 4) is 0 Å². The normalized spacial score (nSPS) is 39.2. The van der Waals surface area contributed by atoms with Crippen LogP contribution in [0, 0.1) is 11.8 Å². The van der Waals surface area contributed by atoms with Crippen LogP contribution in [0.4, 0.5) is 0 Å². The van der Waals surface area contributed by atoms with Gasteiger partial charge in [-0.1, -0.05) is 37.8 Å². The Morgan fingerprint density at radius 3 is 2.28 bits per heavy atom. The van der Waals surface area contributed by atoms with E-state index in [2.05, 4.69) is 10.6 Å². The molecule has 7 nitrogen and oxygen atoms in total. The van der Waals surface area contributed by atoms with E-state index in [1.807, 2.05) is 39.8 Å². The van der Waals surface area contributed by atoms with Crippen LogP contribution >= 0.6 is 0 Å². The van der Waals surface area contributed by atoms with E-state index in [1.54, 1.807) is 4.90 Å². The second-order valence-electron chi connectivity index (χ2n) is 11.7. The highest BCUT2D eigenvalue weighted by molar-refractivity contribution is 6.00. The van der Waals surface area contributed by atoms with E-state index in [0.29, 0.717) is 0 Å². The summed E-state index contributed by atoms with van der Waals surface area (Å²) in [6, 6.07) is -0.544. The lowest BCUT2D eigenvalue weighted by atomic mass is 9.70. The first-order valence-electron chi connectivity index (χ1n) is 12.4. The highest BCUT2D eigenvalue weighted by atomic mass is 16.5. The average molecular weight is 444 g/mol. The van der Waals surface area contributed by atoms with Gasteiger partial charge in [-0.15, -0.1) is 0 Å². The van der Waals surface area contributed by atoms with Crippen molar-refractivity contribution in [2.24, 2.45) is 11.8 Å². The Morgan fingerprint density at radius 1 is 1.03 bits per heavy atom. The molecule has 32 heavy (non-hydrogen) atoms. The SMILES string of the molecule is CC(C)(C)NC(=O)[C@H]1N(C2CCCC2)C(=O)[C@@H]2[C@H](C(=O)NC3CCCC3)[C@@]3(C)C=C[C@]21O3. The minimum atomic E-state index is -1.08. The molecule has 0 aromatic heterocycles. The monoisotopic (exact) mass is 443 g/mol. The maximum atomic E-state index is 14.0. The highest BCUT2D eigenvalue weighted by Gasteiger charge is 2.76. The molecule has 3 aliphatic heterocycles. The number of nitrogens with zero attached hydrogens (tertiary/aromatic N) is 1. The molecule has 0 aromatic rings. The van der Waals surface area contributed by atoms with Gasteiger partial charge in [-0.3, -0.25) is 14.4 Å². The van der Waals surface area contributed by atoms with Gasteiger partial charge in [0.15, 0.2) is 0 Å². The van der Waals surface area contributed by atoms with Crippen molar-refractivity contribution in [2.45, 2.75) is 114 Å². The fourth-order valence-electron chi connectivity index (χ4n) is 6.94. The van der Waals surface area contributed by atoms with Crippen molar-refractivity contribution < 1.29 is 19.1 Å². The zero-order valence-electron chi connectivity index (χ0n) is 19.8. The average Bonchev–Trinajstić information content (AvgIpc) is 3.47. The van der Waals surface area contributed by atoms with Crippen LogP contribution in [0.25, 0.3) is 0 Å². The molecule has 3 heterocycles. The van der Waals surface area contributed by atoms with Gasteiger partial charge in [-0.05, 0) is 53.4 Å². The summed E-state index contributed by atoms with van der Waals surface area (Å²) < 4.78 is 6.58. The molecular formula is C25H37N3O4. The Balaban J connectivity index is 1.52. The molecule has 4 fully saturated rings. The molecule has 2 saturated heterocycles. The van der Waals surface area contributed by atoms with Gasteiger partial charge in [0, 0.05) is 17.6 Å². The summed E-state index contributed by atoms with van der Waals surface area (Å²) in [5, 5.41) is 6.30. The van der Waals surface area contributed by atoms with Gasteiger partial charge >= 0.3 is 0 Å². The summed E-state index contributed by atoms with van der Waals surface area (Å²) in [5.74, 6) is -1.66. The number of rotatable bonds is 4. The summed E-state index contributed by atoms with van der Waals surface area (Å²) in [5.41, 5.74) is -2.38. The molecule has 3 amide bonds. The minimum absolute atomic E-state index is 0.0283. The Labute approximate surface area is 190 Å². The first-order valence-corrected chi connectivity index (χ1v) is 12.4. The van der Waals surface area contributed by atoms with Gasteiger partial charge in [-0.2, -0.15) is 0 Å². The lowest BCUT2D eigenvalue weighted by Gasteiger charge is -2.37. The molecule has 2 aliphatic carbocycles. The van der Waals surface area contributed by atoms with Crippen molar-refractivity contribution >= 4 is 17.7 Å². The van der Waals surface area contributed by atoms with E-state index in [-0.39, 0.29) is 29.8 Å². The van der Waals surface area contributed by atoms with Crippen LogP contribution in [-0.2, 0) is 19.1 Å². The third-order valence-electron chi connectivity index (χ3n) is 8.18. The summed E-state index contributed by atoms with van der Waals surface area (Å²) in [6.45, 7) is 7.72. The number of hydrogen-bond acceptors (Lipinski definition) is 4. The number of nitrogens with one attached hydrogen (secondary N) is 2. The molecule has 2 saturated carbocycles. The fraction of sp³-hybridized carbons (Fsp3) is 0.800. The first-order chi connectivity index (χ1) is 15.1. The van der Waals surface area contributed by atoms with Crippen LogP contribution in [0.15, 0.2) is 12.2 Å². The zero-order chi connectivity index (χ0) is 22.9. The van der Waals surface area contributed by atoms with E-state index < -0.39 is 34.6 Å². The molecule has 0 radical (unpaired) electrons. The number of fused-ring (bicyclic) bond motifs is 1. The third-order valence-corrected chi connectivity index (χ3v) is 8.18. The van der Waals surface area contributed by atoms with E-state index >= 15 is 0 Å². The van der Waals surface area contributed by atoms with Crippen LogP contribution < -0.4 is 10.6 Å². The van der Waals surface area contributed by atoms with Gasteiger partial charge in [0.05, 0.1) is 17.4 Å². The molecule has 5 aliphatic rings. The van der Waals surface area contributed by atoms with E-state index in [4.69, 9.17) is 4.74 Å². The molecule has 5 rings (SSSR count). The molecule has 2 bridgehead atoms. The van der Waals surface area contributed by atoms with Crippen molar-refractivity contribution in [1.29, 1.82) is 0 Å². The van der Waals surface area contributed by atoms with Crippen LogP contribution in [0.2, 0.25) is 0 Å². The molecule has 0 unspecified atom stereocenters. The van der Waals surface area contributed by atoms with Crippen LogP contribution in [-0.4, -0.2) is 57.5 Å². The Kier molecular flexibility index (Phi) is 5.01. The van der Waals surface area contributed by atoms with Gasteiger partial charge in [0.25, 0.3) is 0 Å². The maximum absolute atomic E-state index is 14.0. The summed E-state index contributed by atoms with van der Waals surface area (Å²) in [7, 11) is 0. The number of likely N-dealkylation sites (tertiary alicyclic amines) is 1. The predicted molar refractivity (Wildman–Crippen MR) is 120 cm³/mol. The Bertz CT molecular complexity index is 852. The Morgan fingerprint density at radius 2 is 1.66 bits per heavy atom. The number of carbonyl (C=O) groups excluding carboxylic acids is 3. The van der Waals surface area contributed by atoms with Crippen molar-refractivity contribution in [2.75, 3.05) is 0 Å².